The Morgan fingerprint density at radius 1 is 1.50 bits per heavy atom. The van der Waals surface area contributed by atoms with Crippen molar-refractivity contribution in [1.82, 2.24) is 9.97 Å². The number of nitrogens with zero attached hydrogens (tertiary/aromatic N) is 2. The molecule has 1 aromatic rings. The minimum Gasteiger partial charge on any atom is -0.383 e. The molecule has 0 bridgehead atoms. The van der Waals surface area contributed by atoms with Crippen molar-refractivity contribution in [2.24, 2.45) is 0 Å². The molecule has 0 saturated heterocycles. The molecule has 0 aliphatic heterocycles. The van der Waals surface area contributed by atoms with E-state index in [1.807, 2.05) is 4.90 Å². The van der Waals surface area contributed by atoms with Crippen molar-refractivity contribution < 1.29 is 4.74 Å². The van der Waals surface area contributed by atoms with Gasteiger partial charge in [0.15, 0.2) is 5.82 Å². The predicted octanol–water partition coefficient (Wildman–Crippen LogP) is 2.06. The molecule has 1 heterocycles. The van der Waals surface area contributed by atoms with Gasteiger partial charge in [-0.1, -0.05) is 25.4 Å². The Hall–Kier alpha value is -1.07. The Morgan fingerprint density at radius 2 is 2.17 bits per heavy atom. The number of aromatic amines is 1. The first-order chi connectivity index (χ1) is 8.65. The van der Waals surface area contributed by atoms with E-state index in [9.17, 15) is 4.79 Å². The van der Waals surface area contributed by atoms with Crippen LogP contribution < -0.4 is 10.5 Å². The van der Waals surface area contributed by atoms with Crippen LogP contribution >= 0.6 is 11.6 Å². The summed E-state index contributed by atoms with van der Waals surface area (Å²) in [5, 5.41) is 0.139. The molecule has 0 fully saturated rings. The molecule has 0 unspecified atom stereocenters. The summed E-state index contributed by atoms with van der Waals surface area (Å²) in [5.41, 5.74) is -0.310. The Morgan fingerprint density at radius 3 is 2.72 bits per heavy atom. The van der Waals surface area contributed by atoms with Crippen molar-refractivity contribution in [1.29, 1.82) is 0 Å². The van der Waals surface area contributed by atoms with Gasteiger partial charge in [-0.05, 0) is 12.8 Å². The van der Waals surface area contributed by atoms with Gasteiger partial charge < -0.3 is 14.6 Å². The standard InChI is InChI=1S/C12H20ClN3O2/c1-4-9(5-2)16(6-7-18-3)11-10(13)12(17)15-8-14-11/h8-9H,4-7H2,1-3H3,(H,14,15,17). The summed E-state index contributed by atoms with van der Waals surface area (Å²) in [7, 11) is 1.65. The van der Waals surface area contributed by atoms with Crippen molar-refractivity contribution in [3.63, 3.8) is 0 Å². The molecule has 1 N–H and O–H groups in total. The molecule has 0 aliphatic rings. The summed E-state index contributed by atoms with van der Waals surface area (Å²) in [6.07, 6.45) is 3.31. The fourth-order valence-electron chi connectivity index (χ4n) is 1.95. The zero-order valence-corrected chi connectivity index (χ0v) is 11.8. The number of rotatable bonds is 7. The maximum atomic E-state index is 11.5. The number of anilines is 1. The normalized spacial score (nSPS) is 10.9. The topological polar surface area (TPSA) is 58.2 Å². The lowest BCUT2D eigenvalue weighted by molar-refractivity contribution is 0.202. The van der Waals surface area contributed by atoms with E-state index in [0.717, 1.165) is 12.8 Å². The molecule has 0 aromatic carbocycles. The molecular weight excluding hydrogens is 254 g/mol. The van der Waals surface area contributed by atoms with Crippen LogP contribution in [-0.4, -0.2) is 36.3 Å². The number of hydrogen-bond acceptors (Lipinski definition) is 4. The maximum absolute atomic E-state index is 11.5. The van der Waals surface area contributed by atoms with Gasteiger partial charge in [0.05, 0.1) is 12.9 Å². The van der Waals surface area contributed by atoms with E-state index in [2.05, 4.69) is 23.8 Å². The van der Waals surface area contributed by atoms with Gasteiger partial charge in [0.1, 0.15) is 5.02 Å². The van der Waals surface area contributed by atoms with E-state index in [4.69, 9.17) is 16.3 Å². The lowest BCUT2D eigenvalue weighted by Crippen LogP contribution is -2.38. The highest BCUT2D eigenvalue weighted by atomic mass is 35.5. The second-order valence-corrected chi connectivity index (χ2v) is 4.40. The second-order valence-electron chi connectivity index (χ2n) is 4.03. The third-order valence-electron chi connectivity index (χ3n) is 2.97. The first-order valence-electron chi connectivity index (χ1n) is 6.14. The lowest BCUT2D eigenvalue weighted by Gasteiger charge is -2.31. The van der Waals surface area contributed by atoms with Crippen molar-refractivity contribution in [3.8, 4) is 0 Å². The number of aromatic nitrogens is 2. The van der Waals surface area contributed by atoms with Gasteiger partial charge in [0.2, 0.25) is 0 Å². The van der Waals surface area contributed by atoms with Gasteiger partial charge in [0, 0.05) is 19.7 Å². The minimum atomic E-state index is -0.310. The van der Waals surface area contributed by atoms with Crippen LogP contribution in [0.25, 0.3) is 0 Å². The summed E-state index contributed by atoms with van der Waals surface area (Å²) < 4.78 is 5.10. The third kappa shape index (κ3) is 3.46. The van der Waals surface area contributed by atoms with E-state index < -0.39 is 0 Å². The Kier molecular flexibility index (Phi) is 6.15. The molecule has 18 heavy (non-hydrogen) atoms. The Bertz CT molecular complexity index is 418. The number of methoxy groups -OCH3 is 1. The number of hydrogen-bond donors (Lipinski definition) is 1. The zero-order chi connectivity index (χ0) is 13.5. The largest absolute Gasteiger partial charge is 0.383 e. The van der Waals surface area contributed by atoms with Gasteiger partial charge in [0.25, 0.3) is 5.56 Å². The first-order valence-corrected chi connectivity index (χ1v) is 6.52. The van der Waals surface area contributed by atoms with Crippen molar-refractivity contribution >= 4 is 17.4 Å². The third-order valence-corrected chi connectivity index (χ3v) is 3.31. The fourth-order valence-corrected chi connectivity index (χ4v) is 2.17. The fraction of sp³-hybridized carbons (Fsp3) is 0.667. The lowest BCUT2D eigenvalue weighted by atomic mass is 10.1. The molecule has 0 amide bonds. The van der Waals surface area contributed by atoms with Crippen LogP contribution in [0.15, 0.2) is 11.1 Å². The number of nitrogens with one attached hydrogen (secondary N) is 1. The number of H-pyrrole nitrogens is 1. The molecule has 0 spiro atoms. The Labute approximate surface area is 112 Å². The van der Waals surface area contributed by atoms with E-state index in [-0.39, 0.29) is 10.6 Å². The molecule has 0 atom stereocenters. The van der Waals surface area contributed by atoms with Crippen LogP contribution in [0.4, 0.5) is 5.82 Å². The summed E-state index contributed by atoms with van der Waals surface area (Å²) in [5.74, 6) is 0.533. The van der Waals surface area contributed by atoms with Gasteiger partial charge in [-0.15, -0.1) is 0 Å². The monoisotopic (exact) mass is 273 g/mol. The van der Waals surface area contributed by atoms with Crippen LogP contribution in [-0.2, 0) is 4.74 Å². The van der Waals surface area contributed by atoms with Crippen LogP contribution in [0.1, 0.15) is 26.7 Å². The van der Waals surface area contributed by atoms with E-state index in [1.54, 1.807) is 7.11 Å². The minimum absolute atomic E-state index is 0.139. The average molecular weight is 274 g/mol. The van der Waals surface area contributed by atoms with E-state index in [0.29, 0.717) is 25.0 Å². The molecule has 1 rings (SSSR count). The molecule has 0 radical (unpaired) electrons. The van der Waals surface area contributed by atoms with Gasteiger partial charge in [-0.3, -0.25) is 4.79 Å². The van der Waals surface area contributed by atoms with Crippen LogP contribution in [0.5, 0.6) is 0 Å². The molecule has 0 saturated carbocycles. The summed E-state index contributed by atoms with van der Waals surface area (Å²) >= 11 is 6.04. The number of ether oxygens (including phenoxy) is 1. The summed E-state index contributed by atoms with van der Waals surface area (Å²) in [4.78, 5) is 20.2. The molecule has 6 heteroatoms. The van der Waals surface area contributed by atoms with Gasteiger partial charge in [-0.25, -0.2) is 4.98 Å². The molecule has 5 nitrogen and oxygen atoms in total. The van der Waals surface area contributed by atoms with Gasteiger partial charge in [-0.2, -0.15) is 0 Å². The molecule has 102 valence electrons. The van der Waals surface area contributed by atoms with Crippen molar-refractivity contribution in [2.75, 3.05) is 25.2 Å². The van der Waals surface area contributed by atoms with Crippen molar-refractivity contribution in [2.45, 2.75) is 32.7 Å². The highest BCUT2D eigenvalue weighted by Crippen LogP contribution is 2.23. The highest BCUT2D eigenvalue weighted by Gasteiger charge is 2.20. The zero-order valence-electron chi connectivity index (χ0n) is 11.1. The Balaban J connectivity index is 3.08. The van der Waals surface area contributed by atoms with E-state index in [1.165, 1.54) is 6.33 Å². The SMILES string of the molecule is CCC(CC)N(CCOC)c1nc[nH]c(=O)c1Cl. The quantitative estimate of drug-likeness (QED) is 0.826. The van der Waals surface area contributed by atoms with E-state index >= 15 is 0 Å². The van der Waals surface area contributed by atoms with Gasteiger partial charge >= 0.3 is 0 Å². The highest BCUT2D eigenvalue weighted by molar-refractivity contribution is 6.32. The average Bonchev–Trinajstić information content (AvgIpc) is 2.38. The first kappa shape index (κ1) is 15.0. The summed E-state index contributed by atoms with van der Waals surface area (Å²) in [6.45, 7) is 5.45. The predicted molar refractivity (Wildman–Crippen MR) is 73.5 cm³/mol. The smallest absolute Gasteiger partial charge is 0.271 e. The van der Waals surface area contributed by atoms with Crippen LogP contribution in [0.3, 0.4) is 0 Å². The van der Waals surface area contributed by atoms with Crippen LogP contribution in [0, 0.1) is 0 Å². The molecule has 1 aromatic heterocycles. The van der Waals surface area contributed by atoms with Crippen molar-refractivity contribution in [3.05, 3.63) is 21.7 Å². The second kappa shape index (κ2) is 7.38. The van der Waals surface area contributed by atoms with Crippen LogP contribution in [0.2, 0.25) is 5.02 Å². The molecule has 0 aliphatic carbocycles. The number of halogens is 1. The summed E-state index contributed by atoms with van der Waals surface area (Å²) in [6, 6.07) is 0.298. The molecular formula is C12H20ClN3O2. The maximum Gasteiger partial charge on any atom is 0.271 e.